The maximum absolute atomic E-state index is 12.4. The van der Waals surface area contributed by atoms with E-state index >= 15 is 0 Å². The number of rotatable bonds is 3. The van der Waals surface area contributed by atoms with Crippen molar-refractivity contribution in [3.63, 3.8) is 0 Å². The highest BCUT2D eigenvalue weighted by atomic mass is 35.5. The van der Waals surface area contributed by atoms with Gasteiger partial charge in [-0.05, 0) is 37.0 Å². The summed E-state index contributed by atoms with van der Waals surface area (Å²) in [6, 6.07) is 5.11. The summed E-state index contributed by atoms with van der Waals surface area (Å²) in [4.78, 5) is 14.2. The van der Waals surface area contributed by atoms with Crippen LogP contribution in [0.5, 0.6) is 0 Å². The van der Waals surface area contributed by atoms with Crippen molar-refractivity contribution in [2.75, 3.05) is 20.2 Å². The summed E-state index contributed by atoms with van der Waals surface area (Å²) in [7, 11) is 1.84. The van der Waals surface area contributed by atoms with E-state index in [1.54, 1.807) is 23.1 Å². The van der Waals surface area contributed by atoms with Crippen LogP contribution in [0, 0.1) is 17.8 Å². The van der Waals surface area contributed by atoms with Crippen LogP contribution in [0.4, 0.5) is 0 Å². The lowest BCUT2D eigenvalue weighted by Crippen LogP contribution is -2.31. The van der Waals surface area contributed by atoms with Gasteiger partial charge in [0.05, 0.1) is 5.02 Å². The second-order valence-electron chi connectivity index (χ2n) is 5.49. The molecular weight excluding hydrogens is 286 g/mol. The first kappa shape index (κ1) is 15.9. The summed E-state index contributed by atoms with van der Waals surface area (Å²) >= 11 is 6.13. The minimum atomic E-state index is -0.207. The predicted octanol–water partition coefficient (Wildman–Crippen LogP) is 2.95. The Balaban J connectivity index is 2.06. The molecule has 1 N–H and O–H groups in total. The van der Waals surface area contributed by atoms with Gasteiger partial charge < -0.3 is 10.0 Å². The van der Waals surface area contributed by atoms with Crippen molar-refractivity contribution in [3.8, 4) is 11.8 Å². The van der Waals surface area contributed by atoms with Gasteiger partial charge in [-0.25, -0.2) is 0 Å². The first-order chi connectivity index (χ1) is 10.1. The van der Waals surface area contributed by atoms with Crippen molar-refractivity contribution in [3.05, 3.63) is 34.3 Å². The number of amides is 1. The zero-order valence-electron chi connectivity index (χ0n) is 12.2. The van der Waals surface area contributed by atoms with E-state index in [-0.39, 0.29) is 12.5 Å². The molecule has 1 aliphatic carbocycles. The third-order valence-electron chi connectivity index (χ3n) is 3.87. The normalized spacial score (nSPS) is 14.6. The van der Waals surface area contributed by atoms with Crippen LogP contribution in [-0.2, 0) is 0 Å². The van der Waals surface area contributed by atoms with E-state index in [1.165, 1.54) is 25.7 Å². The highest BCUT2D eigenvalue weighted by Crippen LogP contribution is 2.26. The summed E-state index contributed by atoms with van der Waals surface area (Å²) in [6.07, 6.45) is 4.98. The van der Waals surface area contributed by atoms with Crippen molar-refractivity contribution < 1.29 is 9.90 Å². The molecule has 0 aromatic heterocycles. The number of carbonyl (C=O) groups excluding carboxylic acids is 1. The highest BCUT2D eigenvalue weighted by molar-refractivity contribution is 6.32. The van der Waals surface area contributed by atoms with Crippen molar-refractivity contribution in [2.45, 2.75) is 25.7 Å². The molecule has 1 aliphatic rings. The van der Waals surface area contributed by atoms with Crippen molar-refractivity contribution in [1.29, 1.82) is 0 Å². The molecule has 1 fully saturated rings. The van der Waals surface area contributed by atoms with E-state index < -0.39 is 0 Å². The topological polar surface area (TPSA) is 40.5 Å². The maximum Gasteiger partial charge on any atom is 0.253 e. The number of benzene rings is 1. The van der Waals surface area contributed by atoms with Crippen LogP contribution >= 0.6 is 11.6 Å². The van der Waals surface area contributed by atoms with E-state index in [1.807, 2.05) is 7.05 Å². The fourth-order valence-corrected chi connectivity index (χ4v) is 3.00. The van der Waals surface area contributed by atoms with Gasteiger partial charge in [0, 0.05) is 24.7 Å². The molecule has 0 saturated heterocycles. The average molecular weight is 306 g/mol. The first-order valence-electron chi connectivity index (χ1n) is 7.26. The van der Waals surface area contributed by atoms with Gasteiger partial charge in [-0.2, -0.15) is 0 Å². The number of halogens is 1. The Bertz CT molecular complexity index is 568. The van der Waals surface area contributed by atoms with Crippen LogP contribution in [0.25, 0.3) is 0 Å². The van der Waals surface area contributed by atoms with E-state index in [4.69, 9.17) is 16.7 Å². The van der Waals surface area contributed by atoms with Crippen molar-refractivity contribution >= 4 is 17.5 Å². The summed E-state index contributed by atoms with van der Waals surface area (Å²) in [5, 5.41) is 9.13. The lowest BCUT2D eigenvalue weighted by Gasteiger charge is -2.21. The number of carbonyl (C=O) groups is 1. The smallest absolute Gasteiger partial charge is 0.253 e. The molecule has 0 heterocycles. The van der Waals surface area contributed by atoms with Gasteiger partial charge in [-0.3, -0.25) is 4.79 Å². The molecule has 3 nitrogen and oxygen atoms in total. The SMILES string of the molecule is CN(CC1CCCC1)C(=O)c1ccc(C#CCO)c(Cl)c1. The van der Waals surface area contributed by atoms with Crippen LogP contribution in [0.2, 0.25) is 5.02 Å². The fourth-order valence-electron chi connectivity index (χ4n) is 2.77. The second kappa shape index (κ2) is 7.49. The maximum atomic E-state index is 12.4. The van der Waals surface area contributed by atoms with Crippen LogP contribution in [0.3, 0.4) is 0 Å². The lowest BCUT2D eigenvalue weighted by atomic mass is 10.1. The molecule has 1 saturated carbocycles. The molecule has 1 amide bonds. The fraction of sp³-hybridized carbons (Fsp3) is 0.471. The molecule has 0 radical (unpaired) electrons. The number of aliphatic hydroxyl groups excluding tert-OH is 1. The Labute approximate surface area is 130 Å². The molecule has 112 valence electrons. The molecule has 0 aliphatic heterocycles. The van der Waals surface area contributed by atoms with E-state index in [0.29, 0.717) is 22.1 Å². The average Bonchev–Trinajstić information content (AvgIpc) is 2.98. The molecule has 1 aromatic carbocycles. The minimum absolute atomic E-state index is 0.00883. The number of hydrogen-bond donors (Lipinski definition) is 1. The molecule has 21 heavy (non-hydrogen) atoms. The quantitative estimate of drug-likeness (QED) is 0.872. The number of hydrogen-bond acceptors (Lipinski definition) is 2. The van der Waals surface area contributed by atoms with Gasteiger partial charge in [-0.15, -0.1) is 0 Å². The number of aliphatic hydroxyl groups is 1. The highest BCUT2D eigenvalue weighted by Gasteiger charge is 2.20. The van der Waals surface area contributed by atoms with Crippen LogP contribution in [-0.4, -0.2) is 36.1 Å². The largest absolute Gasteiger partial charge is 0.384 e. The van der Waals surface area contributed by atoms with Crippen LogP contribution < -0.4 is 0 Å². The predicted molar refractivity (Wildman–Crippen MR) is 84.3 cm³/mol. The minimum Gasteiger partial charge on any atom is -0.384 e. The van der Waals surface area contributed by atoms with Gasteiger partial charge in [0.15, 0.2) is 0 Å². The Hall–Kier alpha value is -1.50. The van der Waals surface area contributed by atoms with E-state index in [9.17, 15) is 4.79 Å². The summed E-state index contributed by atoms with van der Waals surface area (Å²) < 4.78 is 0. The van der Waals surface area contributed by atoms with Crippen LogP contribution in [0.15, 0.2) is 18.2 Å². The molecule has 0 unspecified atom stereocenters. The Morgan fingerprint density at radius 2 is 2.14 bits per heavy atom. The van der Waals surface area contributed by atoms with Gasteiger partial charge in [0.25, 0.3) is 5.91 Å². The Morgan fingerprint density at radius 1 is 1.43 bits per heavy atom. The molecule has 0 atom stereocenters. The zero-order chi connectivity index (χ0) is 15.2. The molecule has 1 aromatic rings. The Morgan fingerprint density at radius 3 is 2.76 bits per heavy atom. The third kappa shape index (κ3) is 4.23. The standard InChI is InChI=1S/C17H20ClNO2/c1-19(12-13-5-2-3-6-13)17(21)15-9-8-14(7-4-10-20)16(18)11-15/h8-9,11,13,20H,2-3,5-6,10,12H2,1H3. The van der Waals surface area contributed by atoms with Crippen molar-refractivity contribution in [1.82, 2.24) is 4.90 Å². The summed E-state index contributed by atoms with van der Waals surface area (Å²) in [5.74, 6) is 5.93. The second-order valence-corrected chi connectivity index (χ2v) is 5.90. The van der Waals surface area contributed by atoms with E-state index in [0.717, 1.165) is 6.54 Å². The van der Waals surface area contributed by atoms with Gasteiger partial charge in [0.2, 0.25) is 0 Å². The van der Waals surface area contributed by atoms with E-state index in [2.05, 4.69) is 11.8 Å². The monoisotopic (exact) mass is 305 g/mol. The van der Waals surface area contributed by atoms with Gasteiger partial charge in [-0.1, -0.05) is 36.3 Å². The molecule has 4 heteroatoms. The lowest BCUT2D eigenvalue weighted by molar-refractivity contribution is 0.0773. The molecular formula is C17H20ClNO2. The summed E-state index contributed by atoms with van der Waals surface area (Å²) in [6.45, 7) is 0.601. The molecule has 0 bridgehead atoms. The third-order valence-corrected chi connectivity index (χ3v) is 4.18. The van der Waals surface area contributed by atoms with Crippen LogP contribution in [0.1, 0.15) is 41.6 Å². The van der Waals surface area contributed by atoms with Gasteiger partial charge in [0.1, 0.15) is 6.61 Å². The Kier molecular flexibility index (Phi) is 5.67. The van der Waals surface area contributed by atoms with Crippen molar-refractivity contribution in [2.24, 2.45) is 5.92 Å². The zero-order valence-corrected chi connectivity index (χ0v) is 13.0. The molecule has 0 spiro atoms. The first-order valence-corrected chi connectivity index (χ1v) is 7.64. The number of nitrogens with zero attached hydrogens (tertiary/aromatic N) is 1. The summed E-state index contributed by atoms with van der Waals surface area (Å²) in [5.41, 5.74) is 1.20. The van der Waals surface area contributed by atoms with Gasteiger partial charge >= 0.3 is 0 Å². The molecule has 2 rings (SSSR count).